The molecule has 2 N–H and O–H groups in total. The summed E-state index contributed by atoms with van der Waals surface area (Å²) in [6, 6.07) is -0.108. The topological polar surface area (TPSA) is 80.5 Å². The van der Waals surface area contributed by atoms with E-state index in [9.17, 15) is 13.2 Å². The lowest BCUT2D eigenvalue weighted by Gasteiger charge is -2.38. The molecule has 5 nitrogen and oxygen atoms in total. The molecule has 0 aromatic carbocycles. The van der Waals surface area contributed by atoms with Crippen LogP contribution in [0.5, 0.6) is 0 Å². The van der Waals surface area contributed by atoms with E-state index in [2.05, 4.69) is 0 Å². The summed E-state index contributed by atoms with van der Waals surface area (Å²) in [5.74, 6) is -0.583. The van der Waals surface area contributed by atoms with Crippen LogP contribution < -0.4 is 5.73 Å². The maximum Gasteiger partial charge on any atom is 0.238 e. The van der Waals surface area contributed by atoms with E-state index in [1.807, 2.05) is 6.92 Å². The van der Waals surface area contributed by atoms with Gasteiger partial charge in [-0.2, -0.15) is 0 Å². The highest BCUT2D eigenvalue weighted by molar-refractivity contribution is 7.92. The van der Waals surface area contributed by atoms with Crippen LogP contribution in [-0.4, -0.2) is 48.9 Å². The van der Waals surface area contributed by atoms with Crippen molar-refractivity contribution >= 4 is 28.2 Å². The first-order chi connectivity index (χ1) is 9.42. The van der Waals surface area contributed by atoms with Gasteiger partial charge in [0.05, 0.1) is 5.25 Å². The number of hydrogen-bond donors (Lipinski definition) is 1. The number of nitrogens with zero attached hydrogens (tertiary/aromatic N) is 1. The summed E-state index contributed by atoms with van der Waals surface area (Å²) in [7, 11) is -3.29. The second kappa shape index (κ2) is 7.79. The summed E-state index contributed by atoms with van der Waals surface area (Å²) < 4.78 is 24.6. The highest BCUT2D eigenvalue weighted by Gasteiger charge is 2.35. The van der Waals surface area contributed by atoms with Crippen LogP contribution in [0.2, 0.25) is 0 Å². The minimum Gasteiger partial charge on any atom is -0.337 e. The first kappa shape index (κ1) is 18.7. The van der Waals surface area contributed by atoms with Crippen molar-refractivity contribution in [3.05, 3.63) is 0 Å². The predicted octanol–water partition coefficient (Wildman–Crippen LogP) is 1.49. The number of carbonyl (C=O) groups excluding carboxylic acids is 1. The first-order valence-electron chi connectivity index (χ1n) is 7.68. The highest BCUT2D eigenvalue weighted by atomic mass is 35.5. The van der Waals surface area contributed by atoms with Gasteiger partial charge in [-0.1, -0.05) is 12.8 Å². The van der Waals surface area contributed by atoms with Crippen LogP contribution in [-0.2, 0) is 14.6 Å². The first-order valence-corrected chi connectivity index (χ1v) is 9.40. The molecule has 2 fully saturated rings. The molecule has 0 aromatic rings. The number of sulfone groups is 1. The molecule has 1 heterocycles. The van der Waals surface area contributed by atoms with Crippen LogP contribution in [0.3, 0.4) is 0 Å². The smallest absolute Gasteiger partial charge is 0.238 e. The fourth-order valence-corrected chi connectivity index (χ4v) is 5.23. The van der Waals surface area contributed by atoms with E-state index < -0.39 is 9.84 Å². The molecule has 21 heavy (non-hydrogen) atoms. The van der Waals surface area contributed by atoms with Crippen molar-refractivity contribution in [3.8, 4) is 0 Å². The van der Waals surface area contributed by atoms with Crippen LogP contribution in [0, 0.1) is 0 Å². The molecule has 0 bridgehead atoms. The zero-order chi connectivity index (χ0) is 14.8. The van der Waals surface area contributed by atoms with Crippen molar-refractivity contribution < 1.29 is 13.2 Å². The third-order valence-corrected chi connectivity index (χ3v) is 6.75. The van der Waals surface area contributed by atoms with Crippen LogP contribution in [0.15, 0.2) is 0 Å². The number of halogens is 1. The molecular weight excluding hydrogens is 312 g/mol. The molecule has 2 aliphatic rings. The van der Waals surface area contributed by atoms with Gasteiger partial charge in [0.1, 0.15) is 5.75 Å². The molecule has 124 valence electrons. The zero-order valence-electron chi connectivity index (χ0n) is 12.7. The summed E-state index contributed by atoms with van der Waals surface area (Å²) in [5.41, 5.74) is 5.94. The average Bonchev–Trinajstić information content (AvgIpc) is 2.92. The van der Waals surface area contributed by atoms with E-state index in [1.54, 1.807) is 4.90 Å². The lowest BCUT2D eigenvalue weighted by molar-refractivity contribution is -0.132. The zero-order valence-corrected chi connectivity index (χ0v) is 14.3. The predicted molar refractivity (Wildman–Crippen MR) is 86.3 cm³/mol. The standard InChI is InChI=1S/C14H26N2O3S.ClH/c1-11(15)13-8-4-5-9-16(13)14(17)10-20(18,19)12-6-2-3-7-12;/h11-13H,2-10,15H2,1H3;1H. The van der Waals surface area contributed by atoms with E-state index in [0.717, 1.165) is 32.1 Å². The molecule has 2 unspecified atom stereocenters. The molecule has 1 aliphatic carbocycles. The fraction of sp³-hybridized carbons (Fsp3) is 0.929. The average molecular weight is 339 g/mol. The number of rotatable bonds is 4. The number of likely N-dealkylation sites (tertiary alicyclic amines) is 1. The normalized spacial score (nSPS) is 25.4. The van der Waals surface area contributed by atoms with E-state index in [-0.39, 0.29) is 41.4 Å². The SMILES string of the molecule is CC(N)C1CCCCN1C(=O)CS(=O)(=O)C1CCCC1.Cl. The number of hydrogen-bond acceptors (Lipinski definition) is 4. The largest absolute Gasteiger partial charge is 0.337 e. The second-order valence-electron chi connectivity index (χ2n) is 6.22. The van der Waals surface area contributed by atoms with Gasteiger partial charge in [-0.3, -0.25) is 4.79 Å². The number of piperidine rings is 1. The minimum atomic E-state index is -3.29. The van der Waals surface area contributed by atoms with Gasteiger partial charge < -0.3 is 10.6 Å². The summed E-state index contributed by atoms with van der Waals surface area (Å²) in [5, 5.41) is -0.301. The Morgan fingerprint density at radius 1 is 1.19 bits per heavy atom. The van der Waals surface area contributed by atoms with Gasteiger partial charge in [0.2, 0.25) is 5.91 Å². The van der Waals surface area contributed by atoms with Crippen LogP contribution in [0.25, 0.3) is 0 Å². The third kappa shape index (κ3) is 4.57. The summed E-state index contributed by atoms with van der Waals surface area (Å²) >= 11 is 0. The van der Waals surface area contributed by atoms with Crippen molar-refractivity contribution in [2.24, 2.45) is 5.73 Å². The van der Waals surface area contributed by atoms with E-state index in [0.29, 0.717) is 19.4 Å². The third-order valence-electron chi connectivity index (χ3n) is 4.61. The Kier molecular flexibility index (Phi) is 6.94. The Morgan fingerprint density at radius 2 is 1.76 bits per heavy atom. The molecule has 2 atom stereocenters. The van der Waals surface area contributed by atoms with Crippen LogP contribution in [0.1, 0.15) is 51.9 Å². The Morgan fingerprint density at radius 3 is 2.33 bits per heavy atom. The maximum absolute atomic E-state index is 12.4. The summed E-state index contributed by atoms with van der Waals surface area (Å²) in [6.45, 7) is 2.53. The second-order valence-corrected chi connectivity index (χ2v) is 8.50. The van der Waals surface area contributed by atoms with Crippen molar-refractivity contribution in [2.45, 2.75) is 69.2 Å². The van der Waals surface area contributed by atoms with Gasteiger partial charge in [-0.05, 0) is 39.0 Å². The lowest BCUT2D eigenvalue weighted by Crippen LogP contribution is -2.53. The summed E-state index contributed by atoms with van der Waals surface area (Å²) in [6.07, 6.45) is 6.24. The van der Waals surface area contributed by atoms with Gasteiger partial charge in [0.15, 0.2) is 9.84 Å². The van der Waals surface area contributed by atoms with Crippen molar-refractivity contribution in [2.75, 3.05) is 12.3 Å². The minimum absolute atomic E-state index is 0. The lowest BCUT2D eigenvalue weighted by atomic mass is 9.97. The Hall–Kier alpha value is -0.330. The molecular formula is C14H27ClN2O3S. The van der Waals surface area contributed by atoms with E-state index in [4.69, 9.17) is 5.73 Å². The molecule has 0 spiro atoms. The number of carbonyl (C=O) groups is 1. The highest BCUT2D eigenvalue weighted by Crippen LogP contribution is 2.26. The van der Waals surface area contributed by atoms with Gasteiger partial charge in [-0.15, -0.1) is 12.4 Å². The molecule has 2 rings (SSSR count). The summed E-state index contributed by atoms with van der Waals surface area (Å²) in [4.78, 5) is 14.1. The Balaban J connectivity index is 0.00000220. The molecule has 1 saturated heterocycles. The molecule has 7 heteroatoms. The quantitative estimate of drug-likeness (QED) is 0.842. The Labute approximate surface area is 134 Å². The molecule has 1 saturated carbocycles. The van der Waals surface area contributed by atoms with Gasteiger partial charge in [0.25, 0.3) is 0 Å². The maximum atomic E-state index is 12.4. The van der Waals surface area contributed by atoms with Gasteiger partial charge in [-0.25, -0.2) is 8.42 Å². The monoisotopic (exact) mass is 338 g/mol. The van der Waals surface area contributed by atoms with Crippen molar-refractivity contribution in [1.29, 1.82) is 0 Å². The van der Waals surface area contributed by atoms with Crippen LogP contribution >= 0.6 is 12.4 Å². The molecule has 1 aliphatic heterocycles. The van der Waals surface area contributed by atoms with E-state index >= 15 is 0 Å². The van der Waals surface area contributed by atoms with Crippen molar-refractivity contribution in [3.63, 3.8) is 0 Å². The fourth-order valence-electron chi connectivity index (χ4n) is 3.43. The van der Waals surface area contributed by atoms with Crippen molar-refractivity contribution in [1.82, 2.24) is 4.90 Å². The Bertz CT molecular complexity index is 447. The van der Waals surface area contributed by atoms with Gasteiger partial charge >= 0.3 is 0 Å². The number of amides is 1. The molecule has 1 amide bonds. The molecule has 0 radical (unpaired) electrons. The van der Waals surface area contributed by atoms with Crippen LogP contribution in [0.4, 0.5) is 0 Å². The molecule has 0 aromatic heterocycles. The number of nitrogens with two attached hydrogens (primary N) is 1. The van der Waals surface area contributed by atoms with E-state index in [1.165, 1.54) is 0 Å². The van der Waals surface area contributed by atoms with Gasteiger partial charge in [0, 0.05) is 18.6 Å².